The number of benzene rings is 1. The highest BCUT2D eigenvalue weighted by Gasteiger charge is 2.13. The zero-order valence-corrected chi connectivity index (χ0v) is 9.67. The number of rotatable bonds is 2. The third kappa shape index (κ3) is 1.74. The van der Waals surface area contributed by atoms with Crippen LogP contribution in [0.25, 0.3) is 10.9 Å². The summed E-state index contributed by atoms with van der Waals surface area (Å²) in [6, 6.07) is 5.75. The van der Waals surface area contributed by atoms with E-state index in [-0.39, 0.29) is 0 Å². The number of esters is 1. The van der Waals surface area contributed by atoms with Crippen LogP contribution >= 0.6 is 15.9 Å². The van der Waals surface area contributed by atoms with Gasteiger partial charge in [0.05, 0.1) is 12.6 Å². The second-order valence-corrected chi connectivity index (χ2v) is 3.64. The number of hydrogen-bond donors (Lipinski definition) is 1. The molecule has 1 N–H and O–H groups in total. The normalized spacial score (nSPS) is 10.5. The van der Waals surface area contributed by atoms with Gasteiger partial charge in [-0.2, -0.15) is 5.10 Å². The summed E-state index contributed by atoms with van der Waals surface area (Å²) >= 11 is 3.37. The van der Waals surface area contributed by atoms with Gasteiger partial charge >= 0.3 is 5.97 Å². The second kappa shape index (κ2) is 4.02. The molecule has 15 heavy (non-hydrogen) atoms. The third-order valence-corrected chi connectivity index (χ3v) is 2.81. The van der Waals surface area contributed by atoms with E-state index in [1.54, 1.807) is 0 Å². The molecule has 0 aliphatic heterocycles. The van der Waals surface area contributed by atoms with E-state index in [2.05, 4.69) is 30.9 Å². The van der Waals surface area contributed by atoms with Gasteiger partial charge in [0.1, 0.15) is 0 Å². The molecule has 1 aromatic heterocycles. The summed E-state index contributed by atoms with van der Waals surface area (Å²) in [7, 11) is 1.34. The molecule has 1 aromatic carbocycles. The molecule has 78 valence electrons. The smallest absolute Gasteiger partial charge is 0.359 e. The first-order valence-corrected chi connectivity index (χ1v) is 5.49. The fourth-order valence-corrected chi connectivity index (χ4v) is 1.75. The van der Waals surface area contributed by atoms with Crippen LogP contribution in [0.2, 0.25) is 0 Å². The highest BCUT2D eigenvalue weighted by atomic mass is 79.9. The Bertz CT molecular complexity index is 507. The van der Waals surface area contributed by atoms with E-state index in [1.807, 2.05) is 18.2 Å². The number of fused-ring (bicyclic) bond motifs is 1. The SMILES string of the molecule is COC(=O)c1n[nH]c2cc(CBr)ccc12. The van der Waals surface area contributed by atoms with Crippen molar-refractivity contribution in [3.63, 3.8) is 0 Å². The Labute approximate surface area is 94.7 Å². The van der Waals surface area contributed by atoms with Crippen LogP contribution in [0.5, 0.6) is 0 Å². The van der Waals surface area contributed by atoms with E-state index in [0.717, 1.165) is 21.8 Å². The van der Waals surface area contributed by atoms with Gasteiger partial charge in [-0.1, -0.05) is 28.1 Å². The minimum atomic E-state index is -0.423. The van der Waals surface area contributed by atoms with Gasteiger partial charge in [0.25, 0.3) is 0 Å². The molecular formula is C10H9BrN2O2. The van der Waals surface area contributed by atoms with Gasteiger partial charge in [-0.25, -0.2) is 4.79 Å². The van der Waals surface area contributed by atoms with Crippen LogP contribution < -0.4 is 0 Å². The summed E-state index contributed by atoms with van der Waals surface area (Å²) in [6.07, 6.45) is 0. The summed E-state index contributed by atoms with van der Waals surface area (Å²) in [4.78, 5) is 11.3. The first-order chi connectivity index (χ1) is 7.26. The van der Waals surface area contributed by atoms with Crippen molar-refractivity contribution in [3.05, 3.63) is 29.5 Å². The van der Waals surface area contributed by atoms with Crippen molar-refractivity contribution >= 4 is 32.8 Å². The largest absolute Gasteiger partial charge is 0.464 e. The summed E-state index contributed by atoms with van der Waals surface area (Å²) in [5.74, 6) is -0.423. The van der Waals surface area contributed by atoms with Crippen LogP contribution in [-0.4, -0.2) is 23.3 Å². The third-order valence-electron chi connectivity index (χ3n) is 2.16. The van der Waals surface area contributed by atoms with Crippen molar-refractivity contribution in [2.24, 2.45) is 0 Å². The zero-order chi connectivity index (χ0) is 10.8. The fourth-order valence-electron chi connectivity index (χ4n) is 1.40. The van der Waals surface area contributed by atoms with Crippen molar-refractivity contribution in [2.75, 3.05) is 7.11 Å². The average molecular weight is 269 g/mol. The number of carbonyl (C=O) groups is 1. The standard InChI is InChI=1S/C10H9BrN2O2/c1-15-10(14)9-7-3-2-6(5-11)4-8(7)12-13-9/h2-4H,5H2,1H3,(H,12,13). The van der Waals surface area contributed by atoms with Crippen molar-refractivity contribution in [1.82, 2.24) is 10.2 Å². The Hall–Kier alpha value is -1.36. The molecule has 0 radical (unpaired) electrons. The zero-order valence-electron chi connectivity index (χ0n) is 8.08. The molecule has 0 spiro atoms. The minimum absolute atomic E-state index is 0.327. The van der Waals surface area contributed by atoms with Crippen molar-refractivity contribution in [3.8, 4) is 0 Å². The predicted octanol–water partition coefficient (Wildman–Crippen LogP) is 2.24. The molecule has 1 heterocycles. The monoisotopic (exact) mass is 268 g/mol. The number of carbonyl (C=O) groups excluding carboxylic acids is 1. The molecule has 0 fully saturated rings. The van der Waals surface area contributed by atoms with Gasteiger partial charge < -0.3 is 4.74 Å². The van der Waals surface area contributed by atoms with Crippen LogP contribution in [0.1, 0.15) is 16.1 Å². The molecule has 0 saturated carbocycles. The topological polar surface area (TPSA) is 55.0 Å². The molecule has 2 rings (SSSR count). The van der Waals surface area contributed by atoms with Crippen molar-refractivity contribution in [1.29, 1.82) is 0 Å². The van der Waals surface area contributed by atoms with E-state index in [1.165, 1.54) is 7.11 Å². The van der Waals surface area contributed by atoms with E-state index < -0.39 is 5.97 Å². The van der Waals surface area contributed by atoms with Crippen LogP contribution in [0, 0.1) is 0 Å². The van der Waals surface area contributed by atoms with E-state index in [9.17, 15) is 4.79 Å². The van der Waals surface area contributed by atoms with Crippen molar-refractivity contribution < 1.29 is 9.53 Å². The molecule has 0 aliphatic rings. The van der Waals surface area contributed by atoms with Crippen LogP contribution in [-0.2, 0) is 10.1 Å². The summed E-state index contributed by atoms with van der Waals surface area (Å²) in [5.41, 5.74) is 2.29. The van der Waals surface area contributed by atoms with E-state index >= 15 is 0 Å². The molecule has 0 unspecified atom stereocenters. The molecule has 0 bridgehead atoms. The average Bonchev–Trinajstić information content (AvgIpc) is 2.70. The van der Waals surface area contributed by atoms with Gasteiger partial charge in [0, 0.05) is 10.7 Å². The first-order valence-electron chi connectivity index (χ1n) is 4.37. The molecule has 0 aliphatic carbocycles. The lowest BCUT2D eigenvalue weighted by atomic mass is 10.1. The van der Waals surface area contributed by atoms with E-state index in [4.69, 9.17) is 0 Å². The predicted molar refractivity (Wildman–Crippen MR) is 60.1 cm³/mol. The highest BCUT2D eigenvalue weighted by molar-refractivity contribution is 9.08. The van der Waals surface area contributed by atoms with Gasteiger partial charge in [0.2, 0.25) is 0 Å². The second-order valence-electron chi connectivity index (χ2n) is 3.08. The fraction of sp³-hybridized carbons (Fsp3) is 0.200. The Kier molecular flexibility index (Phi) is 2.73. The number of alkyl halides is 1. The number of aromatic amines is 1. The lowest BCUT2D eigenvalue weighted by Gasteiger charge is -1.96. The number of hydrogen-bond acceptors (Lipinski definition) is 3. The number of aromatic nitrogens is 2. The number of nitrogens with zero attached hydrogens (tertiary/aromatic N) is 1. The quantitative estimate of drug-likeness (QED) is 0.672. The number of methoxy groups -OCH3 is 1. The summed E-state index contributed by atoms with van der Waals surface area (Å²) in [6.45, 7) is 0. The maximum Gasteiger partial charge on any atom is 0.359 e. The first kappa shape index (κ1) is 10.2. The van der Waals surface area contributed by atoms with Crippen molar-refractivity contribution in [2.45, 2.75) is 5.33 Å². The summed E-state index contributed by atoms with van der Waals surface area (Å²) in [5, 5.41) is 8.29. The van der Waals surface area contributed by atoms with Gasteiger partial charge in [-0.15, -0.1) is 0 Å². The molecule has 0 atom stereocenters. The number of nitrogens with one attached hydrogen (secondary N) is 1. The maximum atomic E-state index is 11.3. The van der Waals surface area contributed by atoms with Crippen LogP contribution in [0.15, 0.2) is 18.2 Å². The Morgan fingerprint density at radius 3 is 3.07 bits per heavy atom. The summed E-state index contributed by atoms with van der Waals surface area (Å²) < 4.78 is 4.63. The molecule has 4 nitrogen and oxygen atoms in total. The maximum absolute atomic E-state index is 11.3. The Morgan fingerprint density at radius 1 is 1.60 bits per heavy atom. The molecule has 5 heteroatoms. The molecule has 0 amide bonds. The minimum Gasteiger partial charge on any atom is -0.464 e. The lowest BCUT2D eigenvalue weighted by Crippen LogP contribution is -2.01. The number of halogens is 1. The Morgan fingerprint density at radius 2 is 2.40 bits per heavy atom. The Balaban J connectivity index is 2.57. The van der Waals surface area contributed by atoms with Crippen LogP contribution in [0.3, 0.4) is 0 Å². The van der Waals surface area contributed by atoms with Gasteiger partial charge in [-0.3, -0.25) is 5.10 Å². The van der Waals surface area contributed by atoms with Crippen LogP contribution in [0.4, 0.5) is 0 Å². The molecule has 2 aromatic rings. The highest BCUT2D eigenvalue weighted by Crippen LogP contribution is 2.19. The lowest BCUT2D eigenvalue weighted by molar-refractivity contribution is 0.0596. The van der Waals surface area contributed by atoms with Gasteiger partial charge in [0.15, 0.2) is 5.69 Å². The number of H-pyrrole nitrogens is 1. The molecule has 0 saturated heterocycles. The van der Waals surface area contributed by atoms with E-state index in [0.29, 0.717) is 5.69 Å². The van der Waals surface area contributed by atoms with Gasteiger partial charge in [-0.05, 0) is 11.6 Å². The number of ether oxygens (including phenoxy) is 1. The molecular weight excluding hydrogens is 260 g/mol.